The average molecular weight is 389 g/mol. The quantitative estimate of drug-likeness (QED) is 0.695. The summed E-state index contributed by atoms with van der Waals surface area (Å²) in [6.07, 6.45) is 3.49. The summed E-state index contributed by atoms with van der Waals surface area (Å²) in [5.41, 5.74) is 2.42. The van der Waals surface area contributed by atoms with Crippen molar-refractivity contribution in [2.24, 2.45) is 5.16 Å². The fraction of sp³-hybridized carbons (Fsp3) is 0.174. The number of nitrogens with one attached hydrogen (secondary N) is 1. The monoisotopic (exact) mass is 389 g/mol. The smallest absolute Gasteiger partial charge is 0.273 e. The number of amides is 2. The summed E-state index contributed by atoms with van der Waals surface area (Å²) in [4.78, 5) is 32.0. The van der Waals surface area contributed by atoms with Gasteiger partial charge < -0.3 is 15.1 Å². The van der Waals surface area contributed by atoms with E-state index >= 15 is 0 Å². The van der Waals surface area contributed by atoms with Gasteiger partial charge in [-0.25, -0.2) is 0 Å². The Bertz CT molecular complexity index is 910. The predicted octanol–water partition coefficient (Wildman–Crippen LogP) is 3.96. The van der Waals surface area contributed by atoms with Crippen molar-refractivity contribution in [3.05, 3.63) is 91.0 Å². The fourth-order valence-electron chi connectivity index (χ4n) is 2.99. The third kappa shape index (κ3) is 4.99. The Morgan fingerprint density at radius 3 is 2.34 bits per heavy atom. The SMILES string of the molecule is C=CCN(CC=C)C(=O)c1ccc(NC(=O)C2=NOC(c3ccccc3)C2)cc1. The highest BCUT2D eigenvalue weighted by molar-refractivity contribution is 6.43. The highest BCUT2D eigenvalue weighted by atomic mass is 16.6. The molecule has 2 aromatic rings. The van der Waals surface area contributed by atoms with Gasteiger partial charge in [0.1, 0.15) is 5.71 Å². The van der Waals surface area contributed by atoms with Crippen molar-refractivity contribution in [3.8, 4) is 0 Å². The number of oxime groups is 1. The van der Waals surface area contributed by atoms with Crippen molar-refractivity contribution in [2.75, 3.05) is 18.4 Å². The van der Waals surface area contributed by atoms with Crippen LogP contribution in [0.3, 0.4) is 0 Å². The summed E-state index contributed by atoms with van der Waals surface area (Å²) in [6, 6.07) is 16.4. The summed E-state index contributed by atoms with van der Waals surface area (Å²) in [6.45, 7) is 8.21. The van der Waals surface area contributed by atoms with Crippen molar-refractivity contribution in [1.29, 1.82) is 0 Å². The van der Waals surface area contributed by atoms with E-state index in [1.165, 1.54) is 0 Å². The average Bonchev–Trinajstić information content (AvgIpc) is 3.25. The topological polar surface area (TPSA) is 71.0 Å². The molecule has 0 saturated carbocycles. The van der Waals surface area contributed by atoms with E-state index in [0.717, 1.165) is 5.56 Å². The maximum absolute atomic E-state index is 12.5. The second-order valence-electron chi connectivity index (χ2n) is 6.57. The Labute approximate surface area is 170 Å². The van der Waals surface area contributed by atoms with Gasteiger partial charge >= 0.3 is 0 Å². The lowest BCUT2D eigenvalue weighted by Gasteiger charge is -2.19. The van der Waals surface area contributed by atoms with Gasteiger partial charge in [-0.15, -0.1) is 13.2 Å². The Hall–Kier alpha value is -3.67. The van der Waals surface area contributed by atoms with Gasteiger partial charge in [0.15, 0.2) is 6.10 Å². The molecule has 0 saturated heterocycles. The van der Waals surface area contributed by atoms with Crippen molar-refractivity contribution in [1.82, 2.24) is 4.90 Å². The minimum Gasteiger partial charge on any atom is -0.387 e. The first kappa shape index (κ1) is 20.1. The third-order valence-electron chi connectivity index (χ3n) is 4.48. The van der Waals surface area contributed by atoms with Crippen LogP contribution in [0.5, 0.6) is 0 Å². The zero-order valence-electron chi connectivity index (χ0n) is 16.1. The zero-order chi connectivity index (χ0) is 20.6. The number of hydrogen-bond acceptors (Lipinski definition) is 4. The molecule has 0 aliphatic carbocycles. The number of carbonyl (C=O) groups is 2. The van der Waals surface area contributed by atoms with Crippen LogP contribution in [0, 0.1) is 0 Å². The molecule has 0 bridgehead atoms. The number of carbonyl (C=O) groups excluding carboxylic acids is 2. The summed E-state index contributed by atoms with van der Waals surface area (Å²) < 4.78 is 0. The number of hydrogen-bond donors (Lipinski definition) is 1. The van der Waals surface area contributed by atoms with Gasteiger partial charge in [0.05, 0.1) is 0 Å². The molecular weight excluding hydrogens is 366 g/mol. The Kier molecular flexibility index (Phi) is 6.58. The van der Waals surface area contributed by atoms with Gasteiger partial charge in [0.2, 0.25) is 0 Å². The zero-order valence-corrected chi connectivity index (χ0v) is 16.1. The van der Waals surface area contributed by atoms with Gasteiger partial charge in [0, 0.05) is 30.8 Å². The summed E-state index contributed by atoms with van der Waals surface area (Å²) in [5.74, 6) is -0.440. The molecular formula is C23H23N3O3. The van der Waals surface area contributed by atoms with E-state index in [9.17, 15) is 9.59 Å². The molecule has 0 radical (unpaired) electrons. The van der Waals surface area contributed by atoms with Gasteiger partial charge in [-0.1, -0.05) is 47.6 Å². The molecule has 1 aliphatic rings. The standard InChI is InChI=1S/C23H23N3O3/c1-3-14-26(15-4-2)23(28)18-10-12-19(13-11-18)24-22(27)20-16-21(29-25-20)17-8-6-5-7-9-17/h3-13,21H,1-2,14-16H2,(H,24,27). The van der Waals surface area contributed by atoms with E-state index in [-0.39, 0.29) is 17.9 Å². The minimum absolute atomic E-state index is 0.123. The highest BCUT2D eigenvalue weighted by Gasteiger charge is 2.27. The van der Waals surface area contributed by atoms with Crippen LogP contribution in [0.15, 0.2) is 85.1 Å². The molecule has 0 aromatic heterocycles. The molecule has 2 amide bonds. The molecule has 0 fully saturated rings. The van der Waals surface area contributed by atoms with E-state index < -0.39 is 0 Å². The molecule has 1 heterocycles. The van der Waals surface area contributed by atoms with Crippen LogP contribution in [0.2, 0.25) is 0 Å². The number of benzene rings is 2. The number of nitrogens with zero attached hydrogens (tertiary/aromatic N) is 2. The summed E-state index contributed by atoms with van der Waals surface area (Å²) >= 11 is 0. The Balaban J connectivity index is 1.59. The summed E-state index contributed by atoms with van der Waals surface area (Å²) in [7, 11) is 0. The Morgan fingerprint density at radius 2 is 1.72 bits per heavy atom. The molecule has 0 spiro atoms. The number of rotatable bonds is 8. The van der Waals surface area contributed by atoms with Gasteiger partial charge in [-0.05, 0) is 29.8 Å². The van der Waals surface area contributed by atoms with E-state index in [2.05, 4.69) is 23.6 Å². The second kappa shape index (κ2) is 9.50. The molecule has 3 rings (SSSR count). The lowest BCUT2D eigenvalue weighted by atomic mass is 10.0. The molecule has 6 nitrogen and oxygen atoms in total. The molecule has 1 aliphatic heterocycles. The van der Waals surface area contributed by atoms with Gasteiger partial charge in [0.25, 0.3) is 11.8 Å². The first-order chi connectivity index (χ1) is 14.1. The van der Waals surface area contributed by atoms with Crippen LogP contribution >= 0.6 is 0 Å². The van der Waals surface area contributed by atoms with Crippen molar-refractivity contribution < 1.29 is 14.4 Å². The molecule has 1 unspecified atom stereocenters. The van der Waals surface area contributed by atoms with Crippen LogP contribution < -0.4 is 5.32 Å². The molecule has 29 heavy (non-hydrogen) atoms. The normalized spacial score (nSPS) is 15.0. The maximum Gasteiger partial charge on any atom is 0.273 e. The molecule has 1 N–H and O–H groups in total. The third-order valence-corrected chi connectivity index (χ3v) is 4.48. The van der Waals surface area contributed by atoms with Gasteiger partial charge in [-0.2, -0.15) is 0 Å². The molecule has 6 heteroatoms. The van der Waals surface area contributed by atoms with Crippen LogP contribution in [0.4, 0.5) is 5.69 Å². The largest absolute Gasteiger partial charge is 0.387 e. The predicted molar refractivity (Wildman–Crippen MR) is 114 cm³/mol. The van der Waals surface area contributed by atoms with Crippen LogP contribution in [-0.2, 0) is 9.63 Å². The van der Waals surface area contributed by atoms with E-state index in [1.54, 1.807) is 41.3 Å². The van der Waals surface area contributed by atoms with Crippen molar-refractivity contribution in [2.45, 2.75) is 12.5 Å². The number of anilines is 1. The maximum atomic E-state index is 12.5. The first-order valence-corrected chi connectivity index (χ1v) is 9.32. The molecule has 1 atom stereocenters. The van der Waals surface area contributed by atoms with E-state index in [0.29, 0.717) is 36.5 Å². The van der Waals surface area contributed by atoms with Crippen LogP contribution in [-0.4, -0.2) is 35.5 Å². The van der Waals surface area contributed by atoms with E-state index in [4.69, 9.17) is 4.84 Å². The minimum atomic E-state index is -0.317. The Morgan fingerprint density at radius 1 is 1.07 bits per heavy atom. The van der Waals surface area contributed by atoms with Crippen molar-refractivity contribution >= 4 is 23.2 Å². The first-order valence-electron chi connectivity index (χ1n) is 9.32. The van der Waals surface area contributed by atoms with Crippen LogP contribution in [0.1, 0.15) is 28.4 Å². The fourth-order valence-corrected chi connectivity index (χ4v) is 2.99. The van der Waals surface area contributed by atoms with Crippen molar-refractivity contribution in [3.63, 3.8) is 0 Å². The second-order valence-corrected chi connectivity index (χ2v) is 6.57. The lowest BCUT2D eigenvalue weighted by molar-refractivity contribution is -0.110. The lowest BCUT2D eigenvalue weighted by Crippen LogP contribution is -2.31. The van der Waals surface area contributed by atoms with Crippen LogP contribution in [0.25, 0.3) is 0 Å². The van der Waals surface area contributed by atoms with Gasteiger partial charge in [-0.3, -0.25) is 9.59 Å². The molecule has 2 aromatic carbocycles. The van der Waals surface area contributed by atoms with E-state index in [1.807, 2.05) is 30.3 Å². The summed E-state index contributed by atoms with van der Waals surface area (Å²) in [5, 5.41) is 6.72. The molecule has 148 valence electrons. The highest BCUT2D eigenvalue weighted by Crippen LogP contribution is 2.27.